The normalized spacial score (nSPS) is 11.4. The van der Waals surface area contributed by atoms with E-state index in [9.17, 15) is 9.59 Å². The molecule has 0 aliphatic carbocycles. The molecule has 1 atom stereocenters. The van der Waals surface area contributed by atoms with Crippen LogP contribution < -0.4 is 20.1 Å². The van der Waals surface area contributed by atoms with E-state index in [0.29, 0.717) is 27.6 Å². The molecule has 0 aliphatic heterocycles. The van der Waals surface area contributed by atoms with Crippen LogP contribution in [0.2, 0.25) is 0 Å². The summed E-state index contributed by atoms with van der Waals surface area (Å²) in [6.07, 6.45) is -0.964. The molecular formula is C21H20N2O4S. The van der Waals surface area contributed by atoms with Crippen molar-refractivity contribution in [1.82, 2.24) is 5.32 Å². The van der Waals surface area contributed by atoms with Gasteiger partial charge in [0.15, 0.2) is 6.17 Å². The van der Waals surface area contributed by atoms with E-state index in [1.165, 1.54) is 18.4 Å². The summed E-state index contributed by atoms with van der Waals surface area (Å²) >= 11 is 1.32. The second kappa shape index (κ2) is 9.05. The summed E-state index contributed by atoms with van der Waals surface area (Å²) in [5, 5.41) is 7.67. The van der Waals surface area contributed by atoms with Crippen LogP contribution in [-0.2, 0) is 0 Å². The standard InChI is InChI=1S/C21H20N2O4S/c1-26-15-10-11-16(17(13-15)27-2)22-20(19(24)18-9-6-12-28-18)23-21(25)14-7-4-3-5-8-14/h3-13,20,22H,1-2H3,(H,23,25). The molecule has 2 aromatic carbocycles. The van der Waals surface area contributed by atoms with Crippen molar-refractivity contribution >= 4 is 28.7 Å². The first kappa shape index (κ1) is 19.4. The van der Waals surface area contributed by atoms with Crippen molar-refractivity contribution in [3.05, 3.63) is 76.5 Å². The van der Waals surface area contributed by atoms with Gasteiger partial charge in [0, 0.05) is 11.6 Å². The van der Waals surface area contributed by atoms with Gasteiger partial charge in [-0.25, -0.2) is 0 Å². The SMILES string of the molecule is COc1ccc(NC(NC(=O)c2ccccc2)C(=O)c2cccs2)c(OC)c1. The maximum Gasteiger partial charge on any atom is 0.253 e. The Morgan fingerprint density at radius 3 is 2.39 bits per heavy atom. The molecule has 1 amide bonds. The number of rotatable bonds is 8. The zero-order valence-electron chi connectivity index (χ0n) is 15.5. The Bertz CT molecular complexity index is 942. The predicted molar refractivity (Wildman–Crippen MR) is 110 cm³/mol. The minimum absolute atomic E-state index is 0.239. The summed E-state index contributed by atoms with van der Waals surface area (Å²) in [6.45, 7) is 0. The number of amides is 1. The van der Waals surface area contributed by atoms with Crippen molar-refractivity contribution in [2.75, 3.05) is 19.5 Å². The van der Waals surface area contributed by atoms with Crippen LogP contribution in [0, 0.1) is 0 Å². The molecule has 7 heteroatoms. The minimum Gasteiger partial charge on any atom is -0.497 e. The number of carbonyl (C=O) groups excluding carboxylic acids is 2. The molecule has 28 heavy (non-hydrogen) atoms. The number of nitrogens with one attached hydrogen (secondary N) is 2. The lowest BCUT2D eigenvalue weighted by molar-refractivity contribution is 0.0871. The highest BCUT2D eigenvalue weighted by atomic mass is 32.1. The minimum atomic E-state index is -0.964. The first-order valence-corrected chi connectivity index (χ1v) is 9.42. The largest absolute Gasteiger partial charge is 0.497 e. The Morgan fingerprint density at radius 2 is 1.75 bits per heavy atom. The molecule has 0 bridgehead atoms. The van der Waals surface area contributed by atoms with Crippen molar-refractivity contribution < 1.29 is 19.1 Å². The van der Waals surface area contributed by atoms with Gasteiger partial charge < -0.3 is 20.1 Å². The molecule has 3 rings (SSSR count). The summed E-state index contributed by atoms with van der Waals surface area (Å²) in [5.41, 5.74) is 1.03. The summed E-state index contributed by atoms with van der Waals surface area (Å²) in [4.78, 5) is 26.1. The molecule has 0 saturated heterocycles. The van der Waals surface area contributed by atoms with E-state index in [1.807, 2.05) is 11.4 Å². The Kier molecular flexibility index (Phi) is 6.29. The summed E-state index contributed by atoms with van der Waals surface area (Å²) in [5.74, 6) is 0.529. The van der Waals surface area contributed by atoms with Gasteiger partial charge in [-0.1, -0.05) is 24.3 Å². The Morgan fingerprint density at radius 1 is 0.964 bits per heavy atom. The molecule has 1 unspecified atom stereocenters. The maximum atomic E-state index is 13.0. The number of Topliss-reactive ketones (excluding diaryl/α,β-unsaturated/α-hetero) is 1. The van der Waals surface area contributed by atoms with E-state index in [1.54, 1.807) is 61.7 Å². The lowest BCUT2D eigenvalue weighted by Gasteiger charge is -2.21. The van der Waals surface area contributed by atoms with Crippen LogP contribution in [0.25, 0.3) is 0 Å². The maximum absolute atomic E-state index is 13.0. The highest BCUT2D eigenvalue weighted by Crippen LogP contribution is 2.29. The predicted octanol–water partition coefficient (Wildman–Crippen LogP) is 3.82. The zero-order valence-corrected chi connectivity index (χ0v) is 16.3. The van der Waals surface area contributed by atoms with Crippen LogP contribution in [0.4, 0.5) is 5.69 Å². The molecule has 0 aliphatic rings. The average molecular weight is 396 g/mol. The molecule has 1 aromatic heterocycles. The summed E-state index contributed by atoms with van der Waals surface area (Å²) in [6, 6.07) is 17.4. The summed E-state index contributed by atoms with van der Waals surface area (Å²) in [7, 11) is 3.09. The third-order valence-electron chi connectivity index (χ3n) is 4.05. The number of methoxy groups -OCH3 is 2. The van der Waals surface area contributed by atoms with Crippen LogP contribution in [0.3, 0.4) is 0 Å². The molecule has 144 valence electrons. The quantitative estimate of drug-likeness (QED) is 0.447. The van der Waals surface area contributed by atoms with E-state index >= 15 is 0 Å². The number of carbonyl (C=O) groups is 2. The highest BCUT2D eigenvalue weighted by Gasteiger charge is 2.24. The van der Waals surface area contributed by atoms with E-state index in [2.05, 4.69) is 10.6 Å². The third-order valence-corrected chi connectivity index (χ3v) is 4.93. The van der Waals surface area contributed by atoms with E-state index in [-0.39, 0.29) is 11.7 Å². The number of ether oxygens (including phenoxy) is 2. The topological polar surface area (TPSA) is 76.7 Å². The van der Waals surface area contributed by atoms with Gasteiger partial charge in [0.2, 0.25) is 5.78 Å². The number of ketones is 1. The second-order valence-corrected chi connectivity index (χ2v) is 6.77. The Labute approximate surface area is 167 Å². The fourth-order valence-corrected chi connectivity index (χ4v) is 3.30. The highest BCUT2D eigenvalue weighted by molar-refractivity contribution is 7.12. The van der Waals surface area contributed by atoms with Crippen LogP contribution in [0.5, 0.6) is 11.5 Å². The van der Waals surface area contributed by atoms with Crippen LogP contribution >= 0.6 is 11.3 Å². The van der Waals surface area contributed by atoms with E-state index in [0.717, 1.165) is 0 Å². The van der Waals surface area contributed by atoms with Gasteiger partial charge >= 0.3 is 0 Å². The number of hydrogen-bond donors (Lipinski definition) is 2. The van der Waals surface area contributed by atoms with Crippen molar-refractivity contribution in [3.8, 4) is 11.5 Å². The monoisotopic (exact) mass is 396 g/mol. The van der Waals surface area contributed by atoms with Crippen LogP contribution in [-0.4, -0.2) is 32.1 Å². The molecule has 1 heterocycles. The molecule has 0 fully saturated rings. The molecule has 0 radical (unpaired) electrons. The summed E-state index contributed by atoms with van der Waals surface area (Å²) < 4.78 is 10.6. The Hall–Kier alpha value is -3.32. The van der Waals surface area contributed by atoms with Gasteiger partial charge in [-0.3, -0.25) is 9.59 Å². The molecule has 3 aromatic rings. The van der Waals surface area contributed by atoms with Gasteiger partial charge in [-0.05, 0) is 35.7 Å². The molecular weight excluding hydrogens is 376 g/mol. The molecule has 2 N–H and O–H groups in total. The number of anilines is 1. The van der Waals surface area contributed by atoms with Crippen molar-refractivity contribution in [2.24, 2.45) is 0 Å². The van der Waals surface area contributed by atoms with E-state index < -0.39 is 6.17 Å². The molecule has 0 spiro atoms. The molecule has 6 nitrogen and oxygen atoms in total. The lowest BCUT2D eigenvalue weighted by Crippen LogP contribution is -2.46. The number of benzene rings is 2. The third kappa shape index (κ3) is 4.50. The van der Waals surface area contributed by atoms with Crippen molar-refractivity contribution in [2.45, 2.75) is 6.17 Å². The number of thiophene rings is 1. The second-order valence-electron chi connectivity index (χ2n) is 5.82. The van der Waals surface area contributed by atoms with Crippen LogP contribution in [0.1, 0.15) is 20.0 Å². The van der Waals surface area contributed by atoms with E-state index in [4.69, 9.17) is 9.47 Å². The fraction of sp³-hybridized carbons (Fsp3) is 0.143. The smallest absolute Gasteiger partial charge is 0.253 e. The zero-order chi connectivity index (χ0) is 19.9. The number of hydrogen-bond acceptors (Lipinski definition) is 6. The average Bonchev–Trinajstić information content (AvgIpc) is 3.28. The van der Waals surface area contributed by atoms with Crippen molar-refractivity contribution in [1.29, 1.82) is 0 Å². The van der Waals surface area contributed by atoms with Crippen molar-refractivity contribution in [3.63, 3.8) is 0 Å². The van der Waals surface area contributed by atoms with Gasteiger partial charge in [-0.15, -0.1) is 11.3 Å². The Balaban J connectivity index is 1.88. The van der Waals surface area contributed by atoms with Gasteiger partial charge in [0.05, 0.1) is 24.8 Å². The van der Waals surface area contributed by atoms with Gasteiger partial charge in [-0.2, -0.15) is 0 Å². The lowest BCUT2D eigenvalue weighted by atomic mass is 10.2. The first-order valence-electron chi connectivity index (χ1n) is 8.54. The first-order chi connectivity index (χ1) is 13.6. The fourth-order valence-electron chi connectivity index (χ4n) is 2.61. The van der Waals surface area contributed by atoms with Gasteiger partial charge in [0.25, 0.3) is 5.91 Å². The van der Waals surface area contributed by atoms with Crippen LogP contribution in [0.15, 0.2) is 66.0 Å². The molecule has 0 saturated carbocycles. The van der Waals surface area contributed by atoms with Gasteiger partial charge in [0.1, 0.15) is 11.5 Å².